The van der Waals surface area contributed by atoms with Gasteiger partial charge < -0.3 is 0 Å². The van der Waals surface area contributed by atoms with Crippen LogP contribution in [-0.2, 0) is 20.0 Å². The molecule has 0 spiro atoms. The van der Waals surface area contributed by atoms with Crippen LogP contribution in [0.5, 0.6) is 0 Å². The van der Waals surface area contributed by atoms with Crippen LogP contribution in [0.4, 0.5) is 5.69 Å². The Balaban J connectivity index is 2.44. The SMILES string of the molecule is Cc1ccc(NS(=O)(=O)c2ccccc2)cc1S(=O)(=O)N(C)C. The number of nitrogens with zero attached hydrogens (tertiary/aromatic N) is 1. The largest absolute Gasteiger partial charge is 0.280 e. The molecule has 0 bridgehead atoms. The number of hydrogen-bond acceptors (Lipinski definition) is 4. The van der Waals surface area contributed by atoms with Crippen LogP contribution in [0, 0.1) is 6.92 Å². The molecule has 0 atom stereocenters. The Hall–Kier alpha value is -1.90. The molecular formula is C15H18N2O4S2. The van der Waals surface area contributed by atoms with E-state index in [1.807, 2.05) is 0 Å². The minimum Gasteiger partial charge on any atom is -0.280 e. The average molecular weight is 354 g/mol. The van der Waals surface area contributed by atoms with Gasteiger partial charge in [-0.15, -0.1) is 0 Å². The number of aryl methyl sites for hydroxylation is 1. The fourth-order valence-corrected chi connectivity index (χ4v) is 4.17. The molecule has 0 radical (unpaired) electrons. The fraction of sp³-hybridized carbons (Fsp3) is 0.200. The highest BCUT2D eigenvalue weighted by molar-refractivity contribution is 7.92. The molecule has 0 aromatic heterocycles. The zero-order valence-electron chi connectivity index (χ0n) is 13.0. The van der Waals surface area contributed by atoms with Crippen LogP contribution in [0.1, 0.15) is 5.56 Å². The number of rotatable bonds is 5. The van der Waals surface area contributed by atoms with E-state index in [0.29, 0.717) is 5.56 Å². The summed E-state index contributed by atoms with van der Waals surface area (Å²) in [7, 11) is -4.57. The van der Waals surface area contributed by atoms with Crippen molar-refractivity contribution in [2.24, 2.45) is 0 Å². The highest BCUT2D eigenvalue weighted by Crippen LogP contribution is 2.24. The molecule has 1 N–H and O–H groups in total. The topological polar surface area (TPSA) is 83.5 Å². The van der Waals surface area contributed by atoms with Gasteiger partial charge in [-0.25, -0.2) is 21.1 Å². The lowest BCUT2D eigenvalue weighted by molar-refractivity contribution is 0.520. The normalized spacial score (nSPS) is 12.3. The van der Waals surface area contributed by atoms with Crippen LogP contribution in [-0.4, -0.2) is 35.2 Å². The third-order valence-corrected chi connectivity index (χ3v) is 6.61. The van der Waals surface area contributed by atoms with E-state index in [1.165, 1.54) is 38.4 Å². The Morgan fingerprint density at radius 3 is 2.09 bits per heavy atom. The number of nitrogens with one attached hydrogen (secondary N) is 1. The van der Waals surface area contributed by atoms with E-state index in [4.69, 9.17) is 0 Å². The molecule has 0 saturated carbocycles. The maximum Gasteiger partial charge on any atom is 0.261 e. The minimum atomic E-state index is -3.77. The first-order chi connectivity index (χ1) is 10.6. The first-order valence-corrected chi connectivity index (χ1v) is 9.68. The van der Waals surface area contributed by atoms with Crippen LogP contribution < -0.4 is 4.72 Å². The fourth-order valence-electron chi connectivity index (χ4n) is 1.95. The first kappa shape index (κ1) is 17.5. The zero-order valence-corrected chi connectivity index (χ0v) is 14.6. The summed E-state index contributed by atoms with van der Waals surface area (Å²) < 4.78 is 52.7. The van der Waals surface area contributed by atoms with Gasteiger partial charge in [-0.1, -0.05) is 24.3 Å². The quantitative estimate of drug-likeness (QED) is 0.891. The van der Waals surface area contributed by atoms with Crippen molar-refractivity contribution >= 4 is 25.7 Å². The molecule has 0 unspecified atom stereocenters. The molecule has 8 heteroatoms. The van der Waals surface area contributed by atoms with Gasteiger partial charge in [0.15, 0.2) is 0 Å². The summed E-state index contributed by atoms with van der Waals surface area (Å²) >= 11 is 0. The maximum absolute atomic E-state index is 12.3. The third-order valence-electron chi connectivity index (χ3n) is 3.25. The number of benzene rings is 2. The summed E-state index contributed by atoms with van der Waals surface area (Å²) in [5, 5.41) is 0. The Bertz CT molecular complexity index is 906. The van der Waals surface area contributed by atoms with Crippen LogP contribution in [0.2, 0.25) is 0 Å². The second kappa shape index (κ2) is 6.31. The van der Waals surface area contributed by atoms with Crippen molar-refractivity contribution in [2.45, 2.75) is 16.7 Å². The molecule has 2 aromatic carbocycles. The van der Waals surface area contributed by atoms with Crippen molar-refractivity contribution < 1.29 is 16.8 Å². The van der Waals surface area contributed by atoms with Gasteiger partial charge in [-0.3, -0.25) is 4.72 Å². The van der Waals surface area contributed by atoms with Gasteiger partial charge in [0.2, 0.25) is 10.0 Å². The molecule has 0 aliphatic rings. The molecule has 0 amide bonds. The Morgan fingerprint density at radius 1 is 0.913 bits per heavy atom. The van der Waals surface area contributed by atoms with Gasteiger partial charge in [-0.2, -0.15) is 0 Å². The summed E-state index contributed by atoms with van der Waals surface area (Å²) in [6.45, 7) is 1.66. The number of sulfonamides is 2. The van der Waals surface area contributed by atoms with E-state index >= 15 is 0 Å². The van der Waals surface area contributed by atoms with E-state index < -0.39 is 20.0 Å². The molecule has 124 valence electrons. The summed E-state index contributed by atoms with van der Waals surface area (Å²) in [6.07, 6.45) is 0. The van der Waals surface area contributed by atoms with Crippen LogP contribution >= 0.6 is 0 Å². The molecule has 0 aliphatic carbocycles. The predicted octanol–water partition coefficient (Wildman–Crippen LogP) is 2.05. The molecule has 2 aromatic rings. The summed E-state index contributed by atoms with van der Waals surface area (Å²) in [5.74, 6) is 0. The van der Waals surface area contributed by atoms with E-state index in [2.05, 4.69) is 4.72 Å². The molecule has 0 saturated heterocycles. The van der Waals surface area contributed by atoms with Crippen molar-refractivity contribution in [1.82, 2.24) is 4.31 Å². The van der Waals surface area contributed by atoms with Crippen LogP contribution in [0.15, 0.2) is 58.3 Å². The Kier molecular flexibility index (Phi) is 4.79. The van der Waals surface area contributed by atoms with Gasteiger partial charge in [-0.05, 0) is 36.8 Å². The number of anilines is 1. The first-order valence-electron chi connectivity index (χ1n) is 6.75. The predicted molar refractivity (Wildman–Crippen MR) is 89.3 cm³/mol. The second-order valence-electron chi connectivity index (χ2n) is 5.19. The van der Waals surface area contributed by atoms with Crippen molar-refractivity contribution in [2.75, 3.05) is 18.8 Å². The van der Waals surface area contributed by atoms with Crippen LogP contribution in [0.25, 0.3) is 0 Å². The summed E-state index contributed by atoms with van der Waals surface area (Å²) in [4.78, 5) is 0.174. The van der Waals surface area contributed by atoms with E-state index in [0.717, 1.165) is 4.31 Å². The smallest absolute Gasteiger partial charge is 0.261 e. The van der Waals surface area contributed by atoms with Crippen molar-refractivity contribution in [3.8, 4) is 0 Å². The highest BCUT2D eigenvalue weighted by Gasteiger charge is 2.21. The lowest BCUT2D eigenvalue weighted by Crippen LogP contribution is -2.23. The molecule has 6 nitrogen and oxygen atoms in total. The molecule has 0 heterocycles. The van der Waals surface area contributed by atoms with E-state index in [9.17, 15) is 16.8 Å². The Labute approximate surface area is 136 Å². The summed E-state index contributed by atoms with van der Waals surface area (Å²) in [6, 6.07) is 12.3. The lowest BCUT2D eigenvalue weighted by atomic mass is 10.2. The van der Waals surface area contributed by atoms with Gasteiger partial charge in [0.25, 0.3) is 10.0 Å². The minimum absolute atomic E-state index is 0.0655. The van der Waals surface area contributed by atoms with Gasteiger partial charge >= 0.3 is 0 Å². The van der Waals surface area contributed by atoms with E-state index in [-0.39, 0.29) is 15.5 Å². The van der Waals surface area contributed by atoms with Crippen molar-refractivity contribution in [3.63, 3.8) is 0 Å². The average Bonchev–Trinajstić information content (AvgIpc) is 2.49. The molecule has 0 fully saturated rings. The standard InChI is InChI=1S/C15H18N2O4S2/c1-12-9-10-13(11-15(12)23(20,21)17(2)3)16-22(18,19)14-7-5-4-6-8-14/h4-11,16H,1-3H3. The summed E-state index contributed by atoms with van der Waals surface area (Å²) in [5.41, 5.74) is 0.737. The van der Waals surface area contributed by atoms with Gasteiger partial charge in [0, 0.05) is 14.1 Å². The molecule has 23 heavy (non-hydrogen) atoms. The second-order valence-corrected chi connectivity index (χ2v) is 8.99. The molecule has 2 rings (SSSR count). The van der Waals surface area contributed by atoms with Gasteiger partial charge in [0.05, 0.1) is 15.5 Å². The lowest BCUT2D eigenvalue weighted by Gasteiger charge is -2.15. The highest BCUT2D eigenvalue weighted by atomic mass is 32.2. The van der Waals surface area contributed by atoms with Gasteiger partial charge in [0.1, 0.15) is 0 Å². The third kappa shape index (κ3) is 3.72. The monoisotopic (exact) mass is 354 g/mol. The number of hydrogen-bond donors (Lipinski definition) is 1. The van der Waals surface area contributed by atoms with Crippen LogP contribution in [0.3, 0.4) is 0 Å². The molecule has 0 aliphatic heterocycles. The van der Waals surface area contributed by atoms with Crippen molar-refractivity contribution in [1.29, 1.82) is 0 Å². The Morgan fingerprint density at radius 2 is 1.52 bits per heavy atom. The maximum atomic E-state index is 12.3. The van der Waals surface area contributed by atoms with E-state index in [1.54, 1.807) is 31.2 Å². The van der Waals surface area contributed by atoms with Crippen molar-refractivity contribution in [3.05, 3.63) is 54.1 Å². The molecular weight excluding hydrogens is 336 g/mol. The zero-order chi connectivity index (χ0) is 17.3.